The van der Waals surface area contributed by atoms with Gasteiger partial charge in [0.25, 0.3) is 5.91 Å². The molecule has 2 heterocycles. The lowest BCUT2D eigenvalue weighted by Gasteiger charge is -2.23. The second-order valence-corrected chi connectivity index (χ2v) is 5.36. The first-order valence-corrected chi connectivity index (χ1v) is 7.29. The molecule has 2 aromatic rings. The highest BCUT2D eigenvalue weighted by Crippen LogP contribution is 2.32. The Morgan fingerprint density at radius 1 is 1.22 bits per heavy atom. The van der Waals surface area contributed by atoms with Gasteiger partial charge in [0.2, 0.25) is 0 Å². The summed E-state index contributed by atoms with van der Waals surface area (Å²) in [6.45, 7) is 2.95. The van der Waals surface area contributed by atoms with Crippen LogP contribution in [0.15, 0.2) is 24.5 Å². The van der Waals surface area contributed by atoms with Crippen molar-refractivity contribution in [1.29, 1.82) is 0 Å². The molecule has 3 rings (SSSR count). The number of nitrogens with zero attached hydrogens (tertiary/aromatic N) is 2. The number of hydrogen-bond donors (Lipinski definition) is 3. The molecule has 0 saturated carbocycles. The van der Waals surface area contributed by atoms with E-state index >= 15 is 0 Å². The number of hydrogen-bond acceptors (Lipinski definition) is 5. The summed E-state index contributed by atoms with van der Waals surface area (Å²) in [7, 11) is 0. The lowest BCUT2D eigenvalue weighted by Crippen LogP contribution is -2.19. The minimum atomic E-state index is -1.18. The number of aryl methyl sites for hydroxylation is 1. The Bertz CT molecular complexity index is 772. The molecule has 1 aliphatic heterocycles. The van der Waals surface area contributed by atoms with Crippen LogP contribution < -0.4 is 10.6 Å². The average Bonchev–Trinajstić information content (AvgIpc) is 2.57. The zero-order valence-corrected chi connectivity index (χ0v) is 12.6. The maximum absolute atomic E-state index is 12.3. The van der Waals surface area contributed by atoms with Crippen molar-refractivity contribution in [3.05, 3.63) is 47.0 Å². The summed E-state index contributed by atoms with van der Waals surface area (Å²) in [4.78, 5) is 30.6. The van der Waals surface area contributed by atoms with Crippen LogP contribution >= 0.6 is 0 Å². The Morgan fingerprint density at radius 3 is 2.65 bits per heavy atom. The molecule has 3 N–H and O–H groups in total. The van der Waals surface area contributed by atoms with Gasteiger partial charge in [-0.3, -0.25) is 4.79 Å². The number of fused-ring (bicyclic) bond motifs is 1. The fraction of sp³-hybridized carbons (Fsp3) is 0.250. The van der Waals surface area contributed by atoms with E-state index in [1.54, 1.807) is 0 Å². The minimum Gasteiger partial charge on any atom is -0.476 e. The van der Waals surface area contributed by atoms with Crippen LogP contribution in [0.3, 0.4) is 0 Å². The molecule has 0 fully saturated rings. The Balaban J connectivity index is 1.84. The zero-order chi connectivity index (χ0) is 16.4. The highest BCUT2D eigenvalue weighted by Gasteiger charge is 2.18. The van der Waals surface area contributed by atoms with Crippen molar-refractivity contribution in [1.82, 2.24) is 9.97 Å². The van der Waals surface area contributed by atoms with Gasteiger partial charge < -0.3 is 15.7 Å². The van der Waals surface area contributed by atoms with E-state index in [1.807, 2.05) is 19.1 Å². The predicted molar refractivity (Wildman–Crippen MR) is 84.9 cm³/mol. The molecular formula is C16H16N4O3. The summed E-state index contributed by atoms with van der Waals surface area (Å²) in [5, 5.41) is 15.0. The van der Waals surface area contributed by atoms with E-state index in [1.165, 1.54) is 0 Å². The third-order valence-electron chi connectivity index (χ3n) is 3.78. The van der Waals surface area contributed by atoms with E-state index < -0.39 is 11.9 Å². The lowest BCUT2D eigenvalue weighted by molar-refractivity contribution is 0.0689. The van der Waals surface area contributed by atoms with Crippen molar-refractivity contribution in [2.45, 2.75) is 19.8 Å². The Hall–Kier alpha value is -2.96. The van der Waals surface area contributed by atoms with Crippen molar-refractivity contribution < 1.29 is 14.7 Å². The van der Waals surface area contributed by atoms with Gasteiger partial charge in [-0.2, -0.15) is 0 Å². The Kier molecular flexibility index (Phi) is 3.92. The topological polar surface area (TPSA) is 104 Å². The van der Waals surface area contributed by atoms with Gasteiger partial charge in [-0.05, 0) is 37.0 Å². The van der Waals surface area contributed by atoms with Gasteiger partial charge in [0.1, 0.15) is 5.69 Å². The lowest BCUT2D eigenvalue weighted by atomic mass is 9.98. The quantitative estimate of drug-likeness (QED) is 0.801. The molecule has 0 aliphatic carbocycles. The molecule has 118 valence electrons. The first kappa shape index (κ1) is 15.0. The maximum atomic E-state index is 12.3. The van der Waals surface area contributed by atoms with Crippen LogP contribution in [0.4, 0.5) is 11.4 Å². The fourth-order valence-corrected chi connectivity index (χ4v) is 2.61. The van der Waals surface area contributed by atoms with Crippen LogP contribution in [0.5, 0.6) is 0 Å². The van der Waals surface area contributed by atoms with Gasteiger partial charge in [0, 0.05) is 17.9 Å². The van der Waals surface area contributed by atoms with Gasteiger partial charge in [-0.25, -0.2) is 14.8 Å². The molecule has 1 aliphatic rings. The SMILES string of the molecule is Cc1ccc(NC(=O)c2cnc(C(=O)O)cn2)c2c1NCCC2. The van der Waals surface area contributed by atoms with Gasteiger partial charge in [0.05, 0.1) is 12.4 Å². The molecule has 7 heteroatoms. The average molecular weight is 312 g/mol. The summed E-state index contributed by atoms with van der Waals surface area (Å²) in [6, 6.07) is 3.82. The van der Waals surface area contributed by atoms with Crippen molar-refractivity contribution >= 4 is 23.3 Å². The molecule has 0 saturated heterocycles. The molecule has 7 nitrogen and oxygen atoms in total. The number of carbonyl (C=O) groups is 2. The standard InChI is InChI=1S/C16H16N4O3/c1-9-4-5-11(10-3-2-6-17-14(9)10)20-15(21)12-7-19-13(8-18-12)16(22)23/h4-5,7-8,17H,2-3,6H2,1H3,(H,20,21)(H,22,23). The summed E-state index contributed by atoms with van der Waals surface area (Å²) in [5.41, 5.74) is 3.92. The van der Waals surface area contributed by atoms with Gasteiger partial charge >= 0.3 is 5.97 Å². The molecule has 0 radical (unpaired) electrons. The van der Waals surface area contributed by atoms with Gasteiger partial charge in [-0.15, -0.1) is 0 Å². The van der Waals surface area contributed by atoms with Crippen molar-refractivity contribution in [2.24, 2.45) is 0 Å². The number of carboxylic acids is 1. The zero-order valence-electron chi connectivity index (χ0n) is 12.6. The number of carboxylic acid groups (broad SMARTS) is 1. The van der Waals surface area contributed by atoms with E-state index in [9.17, 15) is 9.59 Å². The van der Waals surface area contributed by atoms with E-state index in [4.69, 9.17) is 5.11 Å². The molecule has 0 unspecified atom stereocenters. The van der Waals surface area contributed by atoms with Crippen molar-refractivity contribution in [2.75, 3.05) is 17.2 Å². The predicted octanol–water partition coefficient (Wildman–Crippen LogP) is 2.09. The fourth-order valence-electron chi connectivity index (χ4n) is 2.61. The van der Waals surface area contributed by atoms with Crippen molar-refractivity contribution in [3.63, 3.8) is 0 Å². The number of carbonyl (C=O) groups excluding carboxylic acids is 1. The largest absolute Gasteiger partial charge is 0.476 e. The molecule has 1 aromatic heterocycles. The Morgan fingerprint density at radius 2 is 1.96 bits per heavy atom. The summed E-state index contributed by atoms with van der Waals surface area (Å²) in [5.74, 6) is -1.59. The highest BCUT2D eigenvalue weighted by molar-refractivity contribution is 6.03. The third kappa shape index (κ3) is 2.98. The number of rotatable bonds is 3. The molecule has 0 bridgehead atoms. The number of amides is 1. The molecule has 0 spiro atoms. The number of nitrogens with one attached hydrogen (secondary N) is 2. The first-order chi connectivity index (χ1) is 11.1. The minimum absolute atomic E-state index is 0.0769. The molecule has 0 atom stereocenters. The van der Waals surface area contributed by atoms with Crippen LogP contribution in [-0.2, 0) is 6.42 Å². The van der Waals surface area contributed by atoms with E-state index in [2.05, 4.69) is 20.6 Å². The normalized spacial score (nSPS) is 12.9. The molecule has 23 heavy (non-hydrogen) atoms. The molecule has 1 aromatic carbocycles. The summed E-state index contributed by atoms with van der Waals surface area (Å²) in [6.07, 6.45) is 4.14. The number of anilines is 2. The second kappa shape index (κ2) is 6.04. The number of aromatic carboxylic acids is 1. The number of benzene rings is 1. The van der Waals surface area contributed by atoms with Crippen LogP contribution in [0.25, 0.3) is 0 Å². The first-order valence-electron chi connectivity index (χ1n) is 7.29. The maximum Gasteiger partial charge on any atom is 0.356 e. The van der Waals surface area contributed by atoms with Gasteiger partial charge in [-0.1, -0.05) is 6.07 Å². The van der Waals surface area contributed by atoms with Gasteiger partial charge in [0.15, 0.2) is 5.69 Å². The molecule has 1 amide bonds. The van der Waals surface area contributed by atoms with Crippen LogP contribution in [0.1, 0.15) is 38.5 Å². The van der Waals surface area contributed by atoms with Crippen LogP contribution in [0, 0.1) is 6.92 Å². The molecular weight excluding hydrogens is 296 g/mol. The summed E-state index contributed by atoms with van der Waals surface area (Å²) >= 11 is 0. The third-order valence-corrected chi connectivity index (χ3v) is 3.78. The monoisotopic (exact) mass is 312 g/mol. The highest BCUT2D eigenvalue weighted by atomic mass is 16.4. The summed E-state index contributed by atoms with van der Waals surface area (Å²) < 4.78 is 0. The van der Waals surface area contributed by atoms with Crippen molar-refractivity contribution in [3.8, 4) is 0 Å². The Labute approximate surface area is 132 Å². The van der Waals surface area contributed by atoms with E-state index in [-0.39, 0.29) is 11.4 Å². The van der Waals surface area contributed by atoms with E-state index in [0.717, 1.165) is 54.3 Å². The number of aromatic nitrogens is 2. The smallest absolute Gasteiger partial charge is 0.356 e. The van der Waals surface area contributed by atoms with Crippen LogP contribution in [-0.4, -0.2) is 33.5 Å². The van der Waals surface area contributed by atoms with E-state index in [0.29, 0.717) is 0 Å². The second-order valence-electron chi connectivity index (χ2n) is 5.36. The van der Waals surface area contributed by atoms with Crippen LogP contribution in [0.2, 0.25) is 0 Å².